The molecule has 1 unspecified atom stereocenters. The predicted molar refractivity (Wildman–Crippen MR) is 79.3 cm³/mol. The molecule has 0 bridgehead atoms. The molecular formula is C17H18FN3O. The van der Waals surface area contributed by atoms with E-state index in [2.05, 4.69) is 11.1 Å². The molecule has 1 atom stereocenters. The van der Waals surface area contributed by atoms with E-state index in [0.717, 1.165) is 25.7 Å². The van der Waals surface area contributed by atoms with E-state index in [1.54, 1.807) is 41.5 Å². The number of aromatic nitrogens is 2. The minimum absolute atomic E-state index is 0.00257. The largest absolute Gasteiger partial charge is 0.351 e. The van der Waals surface area contributed by atoms with Crippen molar-refractivity contribution < 1.29 is 9.13 Å². The van der Waals surface area contributed by atoms with E-state index in [1.807, 2.05) is 0 Å². The zero-order valence-electron chi connectivity index (χ0n) is 12.3. The summed E-state index contributed by atoms with van der Waals surface area (Å²) in [5.74, 6) is -0.415. The van der Waals surface area contributed by atoms with E-state index in [1.165, 1.54) is 6.07 Å². The van der Waals surface area contributed by atoms with Gasteiger partial charge >= 0.3 is 0 Å². The molecule has 2 aromatic rings. The highest BCUT2D eigenvalue weighted by Gasteiger charge is 2.39. The molecule has 1 fully saturated rings. The molecule has 4 nitrogen and oxygen atoms in total. The highest BCUT2D eigenvalue weighted by molar-refractivity contribution is 5.30. The van der Waals surface area contributed by atoms with Crippen LogP contribution in [0.3, 0.4) is 0 Å². The van der Waals surface area contributed by atoms with Crippen LogP contribution in [0.25, 0.3) is 0 Å². The van der Waals surface area contributed by atoms with Crippen molar-refractivity contribution in [1.29, 1.82) is 5.26 Å². The van der Waals surface area contributed by atoms with Crippen LogP contribution in [0.2, 0.25) is 0 Å². The number of nitriles is 1. The lowest BCUT2D eigenvalue weighted by Crippen LogP contribution is -2.37. The van der Waals surface area contributed by atoms with Crippen LogP contribution in [0.15, 0.2) is 43.0 Å². The van der Waals surface area contributed by atoms with Crippen LogP contribution in [0, 0.1) is 17.1 Å². The first-order valence-corrected chi connectivity index (χ1v) is 7.53. The Kier molecular flexibility index (Phi) is 4.21. The number of rotatable bonds is 5. The second kappa shape index (κ2) is 6.29. The van der Waals surface area contributed by atoms with Crippen LogP contribution in [0.5, 0.6) is 0 Å². The number of ether oxygens (including phenoxy) is 1. The topological polar surface area (TPSA) is 50.8 Å². The molecule has 1 aromatic heterocycles. The van der Waals surface area contributed by atoms with E-state index < -0.39 is 11.4 Å². The van der Waals surface area contributed by atoms with E-state index in [-0.39, 0.29) is 18.2 Å². The quantitative estimate of drug-likeness (QED) is 0.850. The molecule has 1 aromatic carbocycles. The summed E-state index contributed by atoms with van der Waals surface area (Å²) in [4.78, 5) is 3.99. The second-order valence-corrected chi connectivity index (χ2v) is 5.68. The standard InChI is InChI=1S/C17H18FN3O/c18-16-8-4-3-7-15(16)17(11-19,12-21-10-9-20-13-21)22-14-5-1-2-6-14/h3-4,7-10,13-14H,1-2,5-6,12H2. The van der Waals surface area contributed by atoms with Gasteiger partial charge in [-0.15, -0.1) is 0 Å². The highest BCUT2D eigenvalue weighted by atomic mass is 19.1. The second-order valence-electron chi connectivity index (χ2n) is 5.68. The van der Waals surface area contributed by atoms with Gasteiger partial charge in [0.05, 0.1) is 19.0 Å². The maximum atomic E-state index is 14.3. The molecule has 1 aliphatic rings. The van der Waals surface area contributed by atoms with E-state index in [0.29, 0.717) is 0 Å². The normalized spacial score (nSPS) is 18.0. The summed E-state index contributed by atoms with van der Waals surface area (Å²) in [6, 6.07) is 8.58. The van der Waals surface area contributed by atoms with Gasteiger partial charge in [-0.2, -0.15) is 5.26 Å². The average molecular weight is 299 g/mol. The Morgan fingerprint density at radius 2 is 2.14 bits per heavy atom. The molecule has 22 heavy (non-hydrogen) atoms. The van der Waals surface area contributed by atoms with Crippen molar-refractivity contribution in [3.05, 3.63) is 54.4 Å². The third kappa shape index (κ3) is 2.88. The Bertz CT molecular complexity index is 659. The molecule has 114 valence electrons. The van der Waals surface area contributed by atoms with Gasteiger partial charge in [0.15, 0.2) is 5.60 Å². The van der Waals surface area contributed by atoms with Gasteiger partial charge in [-0.1, -0.05) is 31.0 Å². The zero-order valence-corrected chi connectivity index (χ0v) is 12.3. The molecule has 0 spiro atoms. The zero-order chi connectivity index (χ0) is 15.4. The van der Waals surface area contributed by atoms with Gasteiger partial charge < -0.3 is 9.30 Å². The van der Waals surface area contributed by atoms with E-state index in [9.17, 15) is 9.65 Å². The summed E-state index contributed by atoms with van der Waals surface area (Å²) in [6.45, 7) is 0.223. The van der Waals surface area contributed by atoms with Crippen molar-refractivity contribution in [3.8, 4) is 6.07 Å². The average Bonchev–Trinajstić information content (AvgIpc) is 3.21. The lowest BCUT2D eigenvalue weighted by Gasteiger charge is -2.31. The first-order chi connectivity index (χ1) is 10.7. The van der Waals surface area contributed by atoms with Crippen LogP contribution < -0.4 is 0 Å². The summed E-state index contributed by atoms with van der Waals surface area (Å²) in [5.41, 5.74) is -1.04. The van der Waals surface area contributed by atoms with Crippen LogP contribution >= 0.6 is 0 Å². The van der Waals surface area contributed by atoms with Gasteiger partial charge in [0.25, 0.3) is 0 Å². The van der Waals surface area contributed by atoms with Gasteiger partial charge in [-0.25, -0.2) is 9.37 Å². The van der Waals surface area contributed by atoms with Crippen LogP contribution in [0.4, 0.5) is 4.39 Å². The summed E-state index contributed by atoms with van der Waals surface area (Å²) >= 11 is 0. The van der Waals surface area contributed by atoms with Gasteiger partial charge in [0.2, 0.25) is 0 Å². The molecule has 3 rings (SSSR count). The van der Waals surface area contributed by atoms with E-state index in [4.69, 9.17) is 4.74 Å². The maximum absolute atomic E-state index is 14.3. The van der Waals surface area contributed by atoms with Crippen LogP contribution in [-0.2, 0) is 16.9 Å². The van der Waals surface area contributed by atoms with E-state index >= 15 is 0 Å². The number of nitrogens with zero attached hydrogens (tertiary/aromatic N) is 3. The third-order valence-corrected chi connectivity index (χ3v) is 4.12. The fourth-order valence-corrected chi connectivity index (χ4v) is 3.02. The fourth-order valence-electron chi connectivity index (χ4n) is 3.02. The molecule has 0 aliphatic heterocycles. The molecular weight excluding hydrogens is 281 g/mol. The lowest BCUT2D eigenvalue weighted by atomic mass is 9.93. The Hall–Kier alpha value is -2.19. The number of hydrogen-bond donors (Lipinski definition) is 0. The lowest BCUT2D eigenvalue weighted by molar-refractivity contribution is -0.0709. The van der Waals surface area contributed by atoms with Crippen molar-refractivity contribution in [2.24, 2.45) is 0 Å². The Morgan fingerprint density at radius 3 is 2.77 bits per heavy atom. The van der Waals surface area contributed by atoms with Crippen molar-refractivity contribution in [3.63, 3.8) is 0 Å². The molecule has 0 amide bonds. The predicted octanol–water partition coefficient (Wildman–Crippen LogP) is 3.40. The van der Waals surface area contributed by atoms with Crippen LogP contribution in [0.1, 0.15) is 31.2 Å². The molecule has 5 heteroatoms. The summed E-state index contributed by atoms with van der Waals surface area (Å²) in [6.07, 6.45) is 9.03. The van der Waals surface area contributed by atoms with Crippen LogP contribution in [-0.4, -0.2) is 15.7 Å². The fraction of sp³-hybridized carbons (Fsp3) is 0.412. The Balaban J connectivity index is 1.99. The van der Waals surface area contributed by atoms with Gasteiger partial charge in [-0.05, 0) is 18.9 Å². The number of halogens is 1. The molecule has 0 N–H and O–H groups in total. The van der Waals surface area contributed by atoms with Crippen molar-refractivity contribution in [1.82, 2.24) is 9.55 Å². The molecule has 0 saturated heterocycles. The SMILES string of the molecule is N#CC(Cn1ccnc1)(OC1CCCC1)c1ccccc1F. The summed E-state index contributed by atoms with van der Waals surface area (Å²) in [7, 11) is 0. The molecule has 1 saturated carbocycles. The Labute approximate surface area is 129 Å². The minimum Gasteiger partial charge on any atom is -0.351 e. The number of benzene rings is 1. The molecule has 1 heterocycles. The maximum Gasteiger partial charge on any atom is 0.200 e. The van der Waals surface area contributed by atoms with Gasteiger partial charge in [0, 0.05) is 18.0 Å². The number of hydrogen-bond acceptors (Lipinski definition) is 3. The minimum atomic E-state index is -1.33. The highest BCUT2D eigenvalue weighted by Crippen LogP contribution is 2.35. The summed E-state index contributed by atoms with van der Waals surface area (Å²) in [5, 5.41) is 9.84. The summed E-state index contributed by atoms with van der Waals surface area (Å²) < 4.78 is 22.2. The Morgan fingerprint density at radius 1 is 1.36 bits per heavy atom. The third-order valence-electron chi connectivity index (χ3n) is 4.12. The molecule has 1 aliphatic carbocycles. The van der Waals surface area contributed by atoms with Gasteiger partial charge in [-0.3, -0.25) is 0 Å². The smallest absolute Gasteiger partial charge is 0.200 e. The number of imidazole rings is 1. The first kappa shape index (κ1) is 14.7. The monoisotopic (exact) mass is 299 g/mol. The first-order valence-electron chi connectivity index (χ1n) is 7.53. The van der Waals surface area contributed by atoms with Crippen molar-refractivity contribution in [2.45, 2.75) is 43.9 Å². The van der Waals surface area contributed by atoms with Crippen molar-refractivity contribution in [2.75, 3.05) is 0 Å². The van der Waals surface area contributed by atoms with Gasteiger partial charge in [0.1, 0.15) is 11.9 Å². The molecule has 0 radical (unpaired) electrons. The van der Waals surface area contributed by atoms with Crippen molar-refractivity contribution >= 4 is 0 Å².